The minimum Gasteiger partial charge on any atom is -0.304 e. The van der Waals surface area contributed by atoms with Gasteiger partial charge in [-0.1, -0.05) is 0 Å². The standard InChI is InChI=1S/C8H15NS2/c1-10-8(3-4-8)7-9-5-2-6-11-7/h7,9H,2-6H2,1H3. The predicted octanol–water partition coefficient (Wildman–Crippen LogP) is 1.93. The monoisotopic (exact) mass is 189 g/mol. The number of thioether (sulfide) groups is 2. The van der Waals surface area contributed by atoms with Gasteiger partial charge in [0, 0.05) is 4.75 Å². The Bertz CT molecular complexity index is 139. The Morgan fingerprint density at radius 2 is 2.36 bits per heavy atom. The minimum atomic E-state index is 0.630. The van der Waals surface area contributed by atoms with Crippen LogP contribution in [0.2, 0.25) is 0 Å². The minimum absolute atomic E-state index is 0.630. The Hall–Kier alpha value is 0.660. The lowest BCUT2D eigenvalue weighted by Gasteiger charge is -2.29. The third kappa shape index (κ3) is 1.56. The third-order valence-electron chi connectivity index (χ3n) is 2.56. The van der Waals surface area contributed by atoms with Crippen molar-refractivity contribution >= 4 is 23.5 Å². The van der Waals surface area contributed by atoms with Crippen molar-refractivity contribution in [1.82, 2.24) is 5.32 Å². The van der Waals surface area contributed by atoms with E-state index < -0.39 is 0 Å². The highest BCUT2D eigenvalue weighted by atomic mass is 32.2. The number of hydrogen-bond acceptors (Lipinski definition) is 3. The smallest absolute Gasteiger partial charge is 0.0681 e. The van der Waals surface area contributed by atoms with Crippen LogP contribution in [0.3, 0.4) is 0 Å². The molecule has 1 heterocycles. The molecule has 1 unspecified atom stereocenters. The van der Waals surface area contributed by atoms with Gasteiger partial charge in [0.2, 0.25) is 0 Å². The van der Waals surface area contributed by atoms with Gasteiger partial charge >= 0.3 is 0 Å². The highest BCUT2D eigenvalue weighted by Crippen LogP contribution is 2.53. The first-order valence-corrected chi connectivity index (χ1v) is 6.55. The maximum absolute atomic E-state index is 3.61. The molecule has 1 atom stereocenters. The Labute approximate surface area is 77.1 Å². The molecule has 64 valence electrons. The lowest BCUT2D eigenvalue weighted by Crippen LogP contribution is -2.40. The summed E-state index contributed by atoms with van der Waals surface area (Å²) in [6.07, 6.45) is 6.47. The largest absolute Gasteiger partial charge is 0.304 e. The fraction of sp³-hybridized carbons (Fsp3) is 1.00. The van der Waals surface area contributed by atoms with E-state index >= 15 is 0 Å². The Kier molecular flexibility index (Phi) is 2.40. The van der Waals surface area contributed by atoms with Gasteiger partial charge in [-0.05, 0) is 37.8 Å². The van der Waals surface area contributed by atoms with E-state index in [9.17, 15) is 0 Å². The molecule has 1 aliphatic heterocycles. The van der Waals surface area contributed by atoms with Gasteiger partial charge in [-0.3, -0.25) is 0 Å². The fourth-order valence-electron chi connectivity index (χ4n) is 1.60. The van der Waals surface area contributed by atoms with Crippen LogP contribution >= 0.6 is 23.5 Å². The van der Waals surface area contributed by atoms with Crippen molar-refractivity contribution < 1.29 is 0 Å². The topological polar surface area (TPSA) is 12.0 Å². The van der Waals surface area contributed by atoms with E-state index in [0.29, 0.717) is 4.75 Å². The van der Waals surface area contributed by atoms with Crippen LogP contribution in [0.15, 0.2) is 0 Å². The SMILES string of the molecule is CSC1(C2NCCCS2)CC1. The second kappa shape index (κ2) is 3.19. The lowest BCUT2D eigenvalue weighted by molar-refractivity contribution is 0.596. The molecular weight excluding hydrogens is 174 g/mol. The normalized spacial score (nSPS) is 35.2. The molecule has 1 N–H and O–H groups in total. The van der Waals surface area contributed by atoms with Gasteiger partial charge < -0.3 is 5.32 Å². The summed E-state index contributed by atoms with van der Waals surface area (Å²) in [5.41, 5.74) is 0. The third-order valence-corrected chi connectivity index (χ3v) is 5.64. The molecule has 0 aromatic heterocycles. The van der Waals surface area contributed by atoms with E-state index in [0.717, 1.165) is 5.37 Å². The lowest BCUT2D eigenvalue weighted by atomic mass is 10.3. The summed E-state index contributed by atoms with van der Waals surface area (Å²) in [5, 5.41) is 4.37. The average molecular weight is 189 g/mol. The molecule has 0 amide bonds. The summed E-state index contributed by atoms with van der Waals surface area (Å²) in [4.78, 5) is 0. The summed E-state index contributed by atoms with van der Waals surface area (Å²) in [7, 11) is 0. The zero-order valence-electron chi connectivity index (χ0n) is 6.93. The van der Waals surface area contributed by atoms with Gasteiger partial charge in [0.15, 0.2) is 0 Å². The first kappa shape index (κ1) is 8.27. The van der Waals surface area contributed by atoms with Crippen molar-refractivity contribution in [2.75, 3.05) is 18.6 Å². The second-order valence-corrected chi connectivity index (χ2v) is 5.76. The molecule has 11 heavy (non-hydrogen) atoms. The Balaban J connectivity index is 1.92. The first-order chi connectivity index (χ1) is 5.37. The molecule has 3 heteroatoms. The highest BCUT2D eigenvalue weighted by molar-refractivity contribution is 8.04. The quantitative estimate of drug-likeness (QED) is 0.713. The number of rotatable bonds is 2. The fourth-order valence-corrected chi connectivity index (χ4v) is 4.22. The van der Waals surface area contributed by atoms with Crippen LogP contribution in [0.25, 0.3) is 0 Å². The molecular formula is C8H15NS2. The van der Waals surface area contributed by atoms with Crippen LogP contribution in [0, 0.1) is 0 Å². The average Bonchev–Trinajstić information content (AvgIpc) is 2.86. The van der Waals surface area contributed by atoms with E-state index in [1.807, 2.05) is 0 Å². The number of hydrogen-bond donors (Lipinski definition) is 1. The van der Waals surface area contributed by atoms with E-state index in [1.54, 1.807) is 0 Å². The van der Waals surface area contributed by atoms with Gasteiger partial charge in [-0.15, -0.1) is 11.8 Å². The summed E-state index contributed by atoms with van der Waals surface area (Å²) in [5.74, 6) is 1.36. The molecule has 2 rings (SSSR count). The zero-order valence-corrected chi connectivity index (χ0v) is 8.56. The highest BCUT2D eigenvalue weighted by Gasteiger charge is 2.49. The predicted molar refractivity (Wildman–Crippen MR) is 54.3 cm³/mol. The van der Waals surface area contributed by atoms with Crippen molar-refractivity contribution in [3.05, 3.63) is 0 Å². The van der Waals surface area contributed by atoms with Gasteiger partial charge in [0.1, 0.15) is 0 Å². The van der Waals surface area contributed by atoms with Crippen molar-refractivity contribution in [2.24, 2.45) is 0 Å². The van der Waals surface area contributed by atoms with Gasteiger partial charge in [0.05, 0.1) is 5.37 Å². The summed E-state index contributed by atoms with van der Waals surface area (Å²) >= 11 is 4.19. The molecule has 2 fully saturated rings. The molecule has 0 radical (unpaired) electrons. The van der Waals surface area contributed by atoms with Crippen molar-refractivity contribution in [1.29, 1.82) is 0 Å². The van der Waals surface area contributed by atoms with E-state index in [4.69, 9.17) is 0 Å². The molecule has 1 saturated heterocycles. The molecule has 0 spiro atoms. The van der Waals surface area contributed by atoms with Crippen LogP contribution in [0.5, 0.6) is 0 Å². The van der Waals surface area contributed by atoms with E-state index in [-0.39, 0.29) is 0 Å². The molecule has 1 nitrogen and oxygen atoms in total. The van der Waals surface area contributed by atoms with Crippen molar-refractivity contribution in [3.63, 3.8) is 0 Å². The van der Waals surface area contributed by atoms with Crippen molar-refractivity contribution in [2.45, 2.75) is 29.4 Å². The maximum atomic E-state index is 3.61. The zero-order chi connectivity index (χ0) is 7.73. The van der Waals surface area contributed by atoms with Gasteiger partial charge in [-0.25, -0.2) is 0 Å². The molecule has 1 aliphatic carbocycles. The Morgan fingerprint density at radius 3 is 2.82 bits per heavy atom. The summed E-state index contributed by atoms with van der Waals surface area (Å²) in [6, 6.07) is 0. The molecule has 0 bridgehead atoms. The van der Waals surface area contributed by atoms with Crippen LogP contribution in [-0.2, 0) is 0 Å². The van der Waals surface area contributed by atoms with Crippen LogP contribution in [0.1, 0.15) is 19.3 Å². The van der Waals surface area contributed by atoms with Crippen LogP contribution in [0.4, 0.5) is 0 Å². The molecule has 2 aliphatic rings. The van der Waals surface area contributed by atoms with Gasteiger partial charge in [-0.2, -0.15) is 11.8 Å². The maximum Gasteiger partial charge on any atom is 0.0681 e. The molecule has 0 aromatic carbocycles. The van der Waals surface area contributed by atoms with Crippen LogP contribution < -0.4 is 5.32 Å². The van der Waals surface area contributed by atoms with Gasteiger partial charge in [0.25, 0.3) is 0 Å². The second-order valence-electron chi connectivity index (χ2n) is 3.33. The van der Waals surface area contributed by atoms with Crippen molar-refractivity contribution in [3.8, 4) is 0 Å². The first-order valence-electron chi connectivity index (χ1n) is 4.27. The summed E-state index contributed by atoms with van der Waals surface area (Å²) in [6.45, 7) is 1.24. The number of nitrogens with one attached hydrogen (secondary N) is 1. The summed E-state index contributed by atoms with van der Waals surface area (Å²) < 4.78 is 0.630. The Morgan fingerprint density at radius 1 is 1.55 bits per heavy atom. The molecule has 1 saturated carbocycles. The molecule has 0 aromatic rings. The van der Waals surface area contributed by atoms with E-state index in [2.05, 4.69) is 35.1 Å². The van der Waals surface area contributed by atoms with E-state index in [1.165, 1.54) is 31.6 Å². The van der Waals surface area contributed by atoms with Crippen LogP contribution in [-0.4, -0.2) is 28.7 Å².